The van der Waals surface area contributed by atoms with E-state index in [9.17, 15) is 19.2 Å². The molecule has 0 spiro atoms. The standard InChI is InChI=1S/C11H12N6O3S2.C11H10N6O2S2.C11H8N6O2S2.C10H10N6O2S2/c1-3-19-8-7(6-20-10-12-4-5-21-10)9(22-13-8)17-11(18)16(2)14-15-17;2*1-3-8-7(6-19-10-12-4-5-20-10)9(21-13-8)17-11(18)16(2)14-15-17;1-6-7(5-18-9-11-3-4-19-9)8(20-12-6)16-10(17)15(2)13-14-16/h4-5H,3,6H2,1-2H3;3-5H,1,6H2,2H3;1,4-5H,6H2,2H3;3-4H,5H2,1-2H3/i3*4T;3T. The van der Waals surface area contributed by atoms with Crippen molar-refractivity contribution in [3.05, 3.63) is 134 Å². The van der Waals surface area contributed by atoms with Gasteiger partial charge >= 0.3 is 22.8 Å². The fourth-order valence-electron chi connectivity index (χ4n) is 6.31. The molecular formula is C43H40N24O9S8. The zero-order valence-electron chi connectivity index (χ0n) is 47.9. The van der Waals surface area contributed by atoms with Crippen molar-refractivity contribution in [1.29, 1.82) is 0 Å². The zero-order valence-corrected chi connectivity index (χ0v) is 50.4. The Morgan fingerprint density at radius 2 is 0.869 bits per heavy atom. The summed E-state index contributed by atoms with van der Waals surface area (Å²) in [6, 6.07) is 0. The van der Waals surface area contributed by atoms with Crippen molar-refractivity contribution in [2.75, 3.05) is 6.61 Å². The van der Waals surface area contributed by atoms with Crippen molar-refractivity contribution >= 4 is 97.6 Å². The maximum absolute atomic E-state index is 12.0. The third-order valence-electron chi connectivity index (χ3n) is 10.4. The molecule has 0 saturated heterocycles. The van der Waals surface area contributed by atoms with Crippen molar-refractivity contribution in [3.8, 4) is 59.0 Å². The first-order chi connectivity index (χ1) is 42.3. The average Bonchev–Trinajstić information content (AvgIpc) is 3.05. The fraction of sp³-hybridized carbons (Fsp3) is 0.256. The molecule has 0 aliphatic rings. The van der Waals surface area contributed by atoms with Crippen LogP contribution in [-0.2, 0) is 54.6 Å². The highest BCUT2D eigenvalue weighted by atomic mass is 32.1. The molecule has 33 nitrogen and oxygen atoms in total. The van der Waals surface area contributed by atoms with E-state index in [2.05, 4.69) is 91.6 Å². The predicted molar refractivity (Wildman–Crippen MR) is 309 cm³/mol. The van der Waals surface area contributed by atoms with Crippen LogP contribution in [0, 0.1) is 19.3 Å². The summed E-state index contributed by atoms with van der Waals surface area (Å²) in [6.07, 6.45) is 7.60. The summed E-state index contributed by atoms with van der Waals surface area (Å²) in [6.45, 7) is 8.31. The Labute approximate surface area is 508 Å². The van der Waals surface area contributed by atoms with Gasteiger partial charge < -0.3 is 23.7 Å². The average molecular weight is 1300 g/mol. The molecular weight excluding hydrogens is 1250 g/mol. The third kappa shape index (κ3) is 13.7. The molecule has 12 aromatic rings. The zero-order chi connectivity index (χ0) is 62.8. The van der Waals surface area contributed by atoms with Crippen LogP contribution in [0.2, 0.25) is 0 Å². The first kappa shape index (κ1) is 54.1. The highest BCUT2D eigenvalue weighted by Crippen LogP contribution is 2.31. The minimum Gasteiger partial charge on any atom is -0.477 e. The molecule has 12 heterocycles. The van der Waals surface area contributed by atoms with Gasteiger partial charge in [-0.2, -0.15) is 36.2 Å². The van der Waals surface area contributed by atoms with Gasteiger partial charge in [0.2, 0.25) is 5.88 Å². The molecule has 0 aliphatic carbocycles. The van der Waals surface area contributed by atoms with Crippen LogP contribution in [0.15, 0.2) is 72.0 Å². The first-order valence-electron chi connectivity index (χ1n) is 25.2. The van der Waals surface area contributed by atoms with Gasteiger partial charge in [0.25, 0.3) is 20.8 Å². The number of tetrazole rings is 4. The molecule has 0 unspecified atom stereocenters. The second-order valence-corrected chi connectivity index (χ2v) is 21.9. The van der Waals surface area contributed by atoms with Gasteiger partial charge in [0.1, 0.15) is 32.1 Å². The largest absolute Gasteiger partial charge is 0.477 e. The van der Waals surface area contributed by atoms with Gasteiger partial charge in [-0.25, -0.2) is 39.1 Å². The summed E-state index contributed by atoms with van der Waals surface area (Å²) in [5.74, 6) is 2.83. The molecule has 0 aromatic carbocycles. The second-order valence-electron chi connectivity index (χ2n) is 15.6. The summed E-state index contributed by atoms with van der Waals surface area (Å²) in [5, 5.41) is 39.7. The monoisotopic (exact) mass is 1300 g/mol. The lowest BCUT2D eigenvalue weighted by Crippen LogP contribution is -2.22. The second kappa shape index (κ2) is 27.7. The summed E-state index contributed by atoms with van der Waals surface area (Å²) < 4.78 is 83.1. The van der Waals surface area contributed by atoms with Gasteiger partial charge in [-0.1, -0.05) is 51.9 Å². The Morgan fingerprint density at radius 1 is 0.512 bits per heavy atom. The molecule has 0 aliphatic heterocycles. The van der Waals surface area contributed by atoms with Crippen LogP contribution in [0.1, 0.15) is 51.7 Å². The molecule has 0 atom stereocenters. The fourth-order valence-corrected chi connectivity index (χ4v) is 11.3. The number of terminal acetylenes is 1. The van der Waals surface area contributed by atoms with E-state index in [0.717, 1.165) is 85.5 Å². The Morgan fingerprint density at radius 3 is 1.25 bits per heavy atom. The van der Waals surface area contributed by atoms with Crippen LogP contribution in [0.4, 0.5) is 0 Å². The Bertz CT molecular complexity index is 4660. The van der Waals surface area contributed by atoms with Gasteiger partial charge in [0.05, 0.1) is 40.2 Å². The molecule has 12 aromatic heterocycles. The minimum atomic E-state index is -0.406. The van der Waals surface area contributed by atoms with E-state index < -0.39 is 5.69 Å². The summed E-state index contributed by atoms with van der Waals surface area (Å²) in [7, 11) is 6.05. The molecule has 0 saturated carbocycles. The number of hydrogen-bond donors (Lipinski definition) is 0. The molecule has 12 rings (SSSR count). The van der Waals surface area contributed by atoms with E-state index >= 15 is 0 Å². The molecule has 0 amide bonds. The number of nitrogens with zero attached hydrogens (tertiary/aromatic N) is 24. The molecule has 0 radical (unpaired) electrons. The molecule has 434 valence electrons. The van der Waals surface area contributed by atoms with Crippen LogP contribution >= 0.6 is 91.5 Å². The lowest BCUT2D eigenvalue weighted by Gasteiger charge is -2.06. The maximum atomic E-state index is 12.0. The Kier molecular flexibility index (Phi) is 17.9. The van der Waals surface area contributed by atoms with Gasteiger partial charge in [0, 0.05) is 80.0 Å². The summed E-state index contributed by atoms with van der Waals surface area (Å²) in [5.41, 5.74) is 2.80. The molecule has 0 N–H and O–H groups in total. The van der Waals surface area contributed by atoms with Crippen molar-refractivity contribution in [1.82, 2.24) is 117 Å². The van der Waals surface area contributed by atoms with Gasteiger partial charge in [-0.3, -0.25) is 0 Å². The number of ether oxygens (including phenoxy) is 5. The SMILES string of the molecule is [3H]c1csc(OCc2c(C#C)nsc2-n2nnn(C)c2=O)n1.[3H]c1csc(OCc2c(C)nsc2-n2nnn(C)c2=O)n1.[3H]c1csc(OCc2c(C=C)nsc2-n2nnn(C)c2=O)n1.[3H]c1csc(OCc2c(OCC)nsc2-n2nnn(C)c2=O)n1. The van der Waals surface area contributed by atoms with E-state index in [4.69, 9.17) is 35.6 Å². The predicted octanol–water partition coefficient (Wildman–Crippen LogP) is 3.16. The highest BCUT2D eigenvalue weighted by molar-refractivity contribution is 7.12. The van der Waals surface area contributed by atoms with Gasteiger partial charge in [-0.15, -0.1) is 25.2 Å². The van der Waals surface area contributed by atoms with Crippen LogP contribution in [0.3, 0.4) is 0 Å². The summed E-state index contributed by atoms with van der Waals surface area (Å²) in [4.78, 5) is 63.5. The number of aryl methyl sites for hydroxylation is 5. The smallest absolute Gasteiger partial charge is 0.369 e. The van der Waals surface area contributed by atoms with Crippen LogP contribution in [0.5, 0.6) is 26.7 Å². The van der Waals surface area contributed by atoms with E-state index in [0.29, 0.717) is 81.3 Å². The van der Waals surface area contributed by atoms with Crippen molar-refractivity contribution in [2.45, 2.75) is 40.3 Å². The summed E-state index contributed by atoms with van der Waals surface area (Å²) >= 11 is 9.29. The van der Waals surface area contributed by atoms with Crippen molar-refractivity contribution in [3.63, 3.8) is 0 Å². The minimum absolute atomic E-state index is 0.0708. The third-order valence-corrected chi connectivity index (χ3v) is 16.5. The van der Waals surface area contributed by atoms with Gasteiger partial charge in [0.15, 0.2) is 20.0 Å². The normalized spacial score (nSPS) is 11.4. The molecule has 41 heteroatoms. The quantitative estimate of drug-likeness (QED) is 0.105. The Hall–Kier alpha value is -9.18. The first-order valence-corrected chi connectivity index (χ1v) is 29.8. The molecule has 84 heavy (non-hydrogen) atoms. The number of hydrogen-bond acceptors (Lipinski definition) is 33. The number of aromatic nitrogens is 24. The maximum Gasteiger partial charge on any atom is 0.369 e. The number of rotatable bonds is 19. The highest BCUT2D eigenvalue weighted by Gasteiger charge is 2.24. The van der Waals surface area contributed by atoms with Crippen molar-refractivity contribution in [2.24, 2.45) is 28.2 Å². The molecule has 0 bridgehead atoms. The van der Waals surface area contributed by atoms with Gasteiger partial charge in [-0.05, 0) is 114 Å². The van der Waals surface area contributed by atoms with Crippen LogP contribution in [0.25, 0.3) is 26.1 Å². The van der Waals surface area contributed by atoms with Crippen LogP contribution in [-0.4, -0.2) is 123 Å². The lowest BCUT2D eigenvalue weighted by atomic mass is 10.2. The number of thiazole rings is 4. The topological polar surface area (TPSA) is 360 Å². The van der Waals surface area contributed by atoms with E-state index in [1.807, 2.05) is 13.8 Å². The van der Waals surface area contributed by atoms with Crippen LogP contribution < -0.4 is 46.4 Å². The lowest BCUT2D eigenvalue weighted by molar-refractivity contribution is 0.282. The molecule has 0 fully saturated rings. The van der Waals surface area contributed by atoms with E-state index in [1.54, 1.807) is 27.6 Å². The van der Waals surface area contributed by atoms with E-state index in [-0.39, 0.29) is 68.2 Å². The van der Waals surface area contributed by atoms with Crippen molar-refractivity contribution < 1.29 is 29.2 Å². The Balaban J connectivity index is 0.000000140. The van der Waals surface area contributed by atoms with E-state index in [1.165, 1.54) is 82.9 Å².